The lowest BCUT2D eigenvalue weighted by molar-refractivity contribution is 0.466. The summed E-state index contributed by atoms with van der Waals surface area (Å²) in [5.74, 6) is 0.479. The minimum Gasteiger partial charge on any atom is -0.384 e. The molecule has 0 aromatic heterocycles. The molecular weight excluding hydrogens is 248 g/mol. The van der Waals surface area contributed by atoms with Gasteiger partial charge < -0.3 is 5.32 Å². The Balaban J connectivity index is 2.04. The maximum atomic E-state index is 9.07. The summed E-state index contributed by atoms with van der Waals surface area (Å²) in [5, 5.41) is 13.0. The fourth-order valence-electron chi connectivity index (χ4n) is 2.25. The monoisotopic (exact) mass is 264 g/mol. The number of hydrazine groups is 1. The summed E-state index contributed by atoms with van der Waals surface area (Å²) in [6.07, 6.45) is 0. The van der Waals surface area contributed by atoms with Gasteiger partial charge in [0, 0.05) is 29.6 Å². The molecule has 0 spiro atoms. The summed E-state index contributed by atoms with van der Waals surface area (Å²) in [5.41, 5.74) is 7.86. The van der Waals surface area contributed by atoms with Crippen LogP contribution in [0.1, 0.15) is 19.4 Å². The van der Waals surface area contributed by atoms with Crippen LogP contribution in [0.25, 0.3) is 0 Å². The Labute approximate surface area is 112 Å². The standard InChI is InChI=1S/C13H17ClN4/c1-8-12(9(2)18-17-8)7-16-13-4-3-11(14)5-10(13)6-15/h3-5,8-9,12,16-18H,7H2,1-2H3. The Morgan fingerprint density at radius 3 is 2.61 bits per heavy atom. The first-order chi connectivity index (χ1) is 8.61. The second kappa shape index (κ2) is 5.57. The number of anilines is 1. The normalized spacial score (nSPS) is 26.9. The average Bonchev–Trinajstić information content (AvgIpc) is 2.68. The molecule has 0 amide bonds. The lowest BCUT2D eigenvalue weighted by atomic mass is 9.96. The number of halogens is 1. The van der Waals surface area contributed by atoms with Crippen molar-refractivity contribution in [2.24, 2.45) is 5.92 Å². The van der Waals surface area contributed by atoms with Gasteiger partial charge in [0.15, 0.2) is 0 Å². The van der Waals surface area contributed by atoms with Crippen molar-refractivity contribution < 1.29 is 0 Å². The van der Waals surface area contributed by atoms with E-state index in [0.717, 1.165) is 12.2 Å². The van der Waals surface area contributed by atoms with Crippen molar-refractivity contribution in [1.82, 2.24) is 10.9 Å². The zero-order chi connectivity index (χ0) is 13.1. The highest BCUT2D eigenvalue weighted by Gasteiger charge is 2.29. The van der Waals surface area contributed by atoms with Crippen molar-refractivity contribution in [1.29, 1.82) is 5.26 Å². The molecule has 1 fully saturated rings. The van der Waals surface area contributed by atoms with Crippen LogP contribution >= 0.6 is 11.6 Å². The Morgan fingerprint density at radius 2 is 2.00 bits per heavy atom. The molecule has 3 N–H and O–H groups in total. The molecule has 2 rings (SSSR count). The van der Waals surface area contributed by atoms with Crippen molar-refractivity contribution in [3.05, 3.63) is 28.8 Å². The molecule has 18 heavy (non-hydrogen) atoms. The van der Waals surface area contributed by atoms with Crippen molar-refractivity contribution in [2.75, 3.05) is 11.9 Å². The van der Waals surface area contributed by atoms with Crippen LogP contribution < -0.4 is 16.2 Å². The second-order valence-electron chi connectivity index (χ2n) is 4.71. The fraction of sp³-hybridized carbons (Fsp3) is 0.462. The molecule has 0 radical (unpaired) electrons. The molecule has 2 atom stereocenters. The van der Waals surface area contributed by atoms with Crippen molar-refractivity contribution in [2.45, 2.75) is 25.9 Å². The van der Waals surface area contributed by atoms with Gasteiger partial charge in [-0.3, -0.25) is 10.9 Å². The van der Waals surface area contributed by atoms with Crippen LogP contribution in [0.2, 0.25) is 5.02 Å². The third-order valence-corrected chi connectivity index (χ3v) is 3.69. The van der Waals surface area contributed by atoms with Crippen LogP contribution in [-0.4, -0.2) is 18.6 Å². The fourth-order valence-corrected chi connectivity index (χ4v) is 2.43. The van der Waals surface area contributed by atoms with Gasteiger partial charge in [-0.2, -0.15) is 5.26 Å². The Bertz CT molecular complexity index is 459. The minimum absolute atomic E-state index is 0.408. The van der Waals surface area contributed by atoms with Gasteiger partial charge in [0.25, 0.3) is 0 Å². The van der Waals surface area contributed by atoms with Gasteiger partial charge in [-0.15, -0.1) is 0 Å². The summed E-state index contributed by atoms with van der Waals surface area (Å²) in [6, 6.07) is 8.30. The molecule has 1 aromatic rings. The summed E-state index contributed by atoms with van der Waals surface area (Å²) in [6.45, 7) is 5.12. The Hall–Kier alpha value is -1.28. The summed E-state index contributed by atoms with van der Waals surface area (Å²) in [4.78, 5) is 0. The van der Waals surface area contributed by atoms with Crippen molar-refractivity contribution in [3.63, 3.8) is 0 Å². The smallest absolute Gasteiger partial charge is 0.101 e. The van der Waals surface area contributed by atoms with Crippen LogP contribution in [0.15, 0.2) is 18.2 Å². The molecular formula is C13H17ClN4. The van der Waals surface area contributed by atoms with Crippen LogP contribution in [0.5, 0.6) is 0 Å². The molecule has 1 saturated heterocycles. The third-order valence-electron chi connectivity index (χ3n) is 3.45. The van der Waals surface area contributed by atoms with Crippen LogP contribution in [0.4, 0.5) is 5.69 Å². The van der Waals surface area contributed by atoms with Gasteiger partial charge in [-0.1, -0.05) is 11.6 Å². The van der Waals surface area contributed by atoms with Crippen molar-refractivity contribution >= 4 is 17.3 Å². The maximum absolute atomic E-state index is 9.07. The van der Waals surface area contributed by atoms with Crippen molar-refractivity contribution in [3.8, 4) is 6.07 Å². The predicted molar refractivity (Wildman–Crippen MR) is 73.3 cm³/mol. The van der Waals surface area contributed by atoms with E-state index in [1.54, 1.807) is 12.1 Å². The molecule has 1 aliphatic rings. The molecule has 0 bridgehead atoms. The zero-order valence-corrected chi connectivity index (χ0v) is 11.3. The average molecular weight is 265 g/mol. The quantitative estimate of drug-likeness (QED) is 0.783. The molecule has 1 heterocycles. The first kappa shape index (κ1) is 13.2. The highest BCUT2D eigenvalue weighted by Crippen LogP contribution is 2.21. The number of nitrogens with zero attached hydrogens (tertiary/aromatic N) is 1. The molecule has 4 nitrogen and oxygen atoms in total. The SMILES string of the molecule is CC1NNC(C)C1CNc1ccc(Cl)cc1C#N. The van der Waals surface area contributed by atoms with Crippen LogP contribution in [0.3, 0.4) is 0 Å². The Kier molecular flexibility index (Phi) is 4.07. The van der Waals surface area contributed by atoms with E-state index in [9.17, 15) is 0 Å². The zero-order valence-electron chi connectivity index (χ0n) is 10.5. The second-order valence-corrected chi connectivity index (χ2v) is 5.15. The number of nitrogens with one attached hydrogen (secondary N) is 3. The predicted octanol–water partition coefficient (Wildman–Crippen LogP) is 2.12. The number of hydrogen-bond donors (Lipinski definition) is 3. The summed E-state index contributed by atoms with van der Waals surface area (Å²) in [7, 11) is 0. The van der Waals surface area contributed by atoms with E-state index in [2.05, 4.69) is 36.1 Å². The topological polar surface area (TPSA) is 59.9 Å². The first-order valence-corrected chi connectivity index (χ1v) is 6.44. The van der Waals surface area contributed by atoms with Gasteiger partial charge in [-0.05, 0) is 32.0 Å². The van der Waals surface area contributed by atoms with E-state index >= 15 is 0 Å². The molecule has 96 valence electrons. The van der Waals surface area contributed by atoms with E-state index in [-0.39, 0.29) is 0 Å². The van der Waals surface area contributed by atoms with Gasteiger partial charge in [-0.25, -0.2) is 0 Å². The van der Waals surface area contributed by atoms with Crippen LogP contribution in [0, 0.1) is 17.2 Å². The molecule has 1 aliphatic heterocycles. The van der Waals surface area contributed by atoms with Crippen LogP contribution in [-0.2, 0) is 0 Å². The molecule has 5 heteroatoms. The van der Waals surface area contributed by atoms with E-state index < -0.39 is 0 Å². The maximum Gasteiger partial charge on any atom is 0.101 e. The van der Waals surface area contributed by atoms with Gasteiger partial charge in [0.05, 0.1) is 11.3 Å². The van der Waals surface area contributed by atoms with E-state index in [4.69, 9.17) is 16.9 Å². The number of hydrogen-bond acceptors (Lipinski definition) is 4. The highest BCUT2D eigenvalue weighted by atomic mass is 35.5. The summed E-state index contributed by atoms with van der Waals surface area (Å²) < 4.78 is 0. The van der Waals surface area contributed by atoms with Gasteiger partial charge >= 0.3 is 0 Å². The first-order valence-electron chi connectivity index (χ1n) is 6.06. The summed E-state index contributed by atoms with van der Waals surface area (Å²) >= 11 is 5.87. The lowest BCUT2D eigenvalue weighted by Crippen LogP contribution is -2.30. The molecule has 1 aromatic carbocycles. The number of nitriles is 1. The van der Waals surface area contributed by atoms with Gasteiger partial charge in [0.2, 0.25) is 0 Å². The van der Waals surface area contributed by atoms with Gasteiger partial charge in [0.1, 0.15) is 6.07 Å². The Morgan fingerprint density at radius 1 is 1.33 bits per heavy atom. The number of rotatable bonds is 3. The largest absolute Gasteiger partial charge is 0.384 e. The van der Waals surface area contributed by atoms with E-state index in [1.807, 2.05) is 6.07 Å². The lowest BCUT2D eigenvalue weighted by Gasteiger charge is -2.19. The third kappa shape index (κ3) is 2.75. The van der Waals surface area contributed by atoms with E-state index in [1.165, 1.54) is 0 Å². The number of benzene rings is 1. The molecule has 0 saturated carbocycles. The van der Waals surface area contributed by atoms with E-state index in [0.29, 0.717) is 28.6 Å². The minimum atomic E-state index is 0.408. The molecule has 0 aliphatic carbocycles. The highest BCUT2D eigenvalue weighted by molar-refractivity contribution is 6.30. The molecule has 2 unspecified atom stereocenters.